The number of aromatic nitrogens is 1. The summed E-state index contributed by atoms with van der Waals surface area (Å²) in [5.74, 6) is 0.901. The van der Waals surface area contributed by atoms with Crippen LogP contribution in [0.4, 0.5) is 0 Å². The highest BCUT2D eigenvalue weighted by Crippen LogP contribution is 2.22. The Hall–Kier alpha value is -1.13. The average Bonchev–Trinajstić information content (AvgIpc) is 2.74. The molecule has 0 aromatic carbocycles. The Kier molecular flexibility index (Phi) is 6.81. The van der Waals surface area contributed by atoms with E-state index in [1.54, 1.807) is 7.11 Å². The minimum atomic E-state index is 0.380. The topological polar surface area (TPSA) is 43.4 Å². The van der Waals surface area contributed by atoms with Gasteiger partial charge in [-0.3, -0.25) is 4.98 Å². The number of hydrogen-bond donors (Lipinski definition) is 1. The summed E-state index contributed by atoms with van der Waals surface area (Å²) >= 11 is 0. The molecule has 1 aliphatic rings. The lowest BCUT2D eigenvalue weighted by atomic mass is 10.1. The highest BCUT2D eigenvalue weighted by molar-refractivity contribution is 5.20. The highest BCUT2D eigenvalue weighted by atomic mass is 16.5. The molecule has 0 amide bonds. The van der Waals surface area contributed by atoms with E-state index in [2.05, 4.69) is 10.3 Å². The number of ether oxygens (including phenoxy) is 2. The molecule has 4 nitrogen and oxygen atoms in total. The molecular weight excluding hydrogens is 252 g/mol. The van der Waals surface area contributed by atoms with E-state index in [-0.39, 0.29) is 0 Å². The average molecular weight is 278 g/mol. The van der Waals surface area contributed by atoms with Crippen molar-refractivity contribution in [2.24, 2.45) is 0 Å². The number of nitrogens with one attached hydrogen (secondary N) is 1. The first-order chi connectivity index (χ1) is 9.88. The number of pyridine rings is 1. The lowest BCUT2D eigenvalue weighted by Gasteiger charge is -2.16. The van der Waals surface area contributed by atoms with Crippen LogP contribution in [0.3, 0.4) is 0 Å². The van der Waals surface area contributed by atoms with Crippen LogP contribution in [0.2, 0.25) is 0 Å². The third-order valence-electron chi connectivity index (χ3n) is 3.69. The van der Waals surface area contributed by atoms with Gasteiger partial charge < -0.3 is 14.8 Å². The predicted molar refractivity (Wildman–Crippen MR) is 79.9 cm³/mol. The van der Waals surface area contributed by atoms with Gasteiger partial charge in [0.1, 0.15) is 5.75 Å². The van der Waals surface area contributed by atoms with Crippen molar-refractivity contribution < 1.29 is 9.47 Å². The molecule has 1 aliphatic carbocycles. The maximum absolute atomic E-state index is 6.03. The lowest BCUT2D eigenvalue weighted by Crippen LogP contribution is -2.19. The summed E-state index contributed by atoms with van der Waals surface area (Å²) in [4.78, 5) is 4.44. The molecule has 0 saturated heterocycles. The Labute approximate surface area is 121 Å². The molecule has 1 fully saturated rings. The van der Waals surface area contributed by atoms with E-state index in [9.17, 15) is 0 Å². The van der Waals surface area contributed by atoms with E-state index < -0.39 is 0 Å². The molecule has 20 heavy (non-hydrogen) atoms. The van der Waals surface area contributed by atoms with Crippen LogP contribution in [0.5, 0.6) is 5.75 Å². The van der Waals surface area contributed by atoms with Gasteiger partial charge in [-0.25, -0.2) is 0 Å². The normalized spacial score (nSPS) is 16.9. The van der Waals surface area contributed by atoms with Gasteiger partial charge in [0.15, 0.2) is 0 Å². The van der Waals surface area contributed by atoms with Crippen LogP contribution in [-0.4, -0.2) is 31.3 Å². The van der Waals surface area contributed by atoms with E-state index in [0.29, 0.717) is 6.10 Å². The first kappa shape index (κ1) is 15.3. The predicted octanol–water partition coefficient (Wildman–Crippen LogP) is 2.92. The number of nitrogens with zero attached hydrogens (tertiary/aromatic N) is 1. The molecule has 1 heterocycles. The van der Waals surface area contributed by atoms with Crippen molar-refractivity contribution in [1.82, 2.24) is 10.3 Å². The minimum Gasteiger partial charge on any atom is -0.489 e. The number of methoxy groups -OCH3 is 1. The van der Waals surface area contributed by atoms with Gasteiger partial charge in [0.2, 0.25) is 0 Å². The standard InChI is InChI=1S/C16H26N2O2/c1-19-11-10-17-12-14-8-9-16(13-18-14)20-15-6-4-2-3-5-7-15/h8-9,13,15,17H,2-7,10-12H2,1H3. The monoisotopic (exact) mass is 278 g/mol. The zero-order valence-electron chi connectivity index (χ0n) is 12.4. The lowest BCUT2D eigenvalue weighted by molar-refractivity contribution is 0.183. The second kappa shape index (κ2) is 8.93. The Bertz CT molecular complexity index is 359. The van der Waals surface area contributed by atoms with Crippen molar-refractivity contribution in [3.8, 4) is 5.75 Å². The summed E-state index contributed by atoms with van der Waals surface area (Å²) in [5.41, 5.74) is 1.04. The molecule has 112 valence electrons. The third-order valence-corrected chi connectivity index (χ3v) is 3.69. The second-order valence-electron chi connectivity index (χ2n) is 5.39. The minimum absolute atomic E-state index is 0.380. The third kappa shape index (κ3) is 5.47. The van der Waals surface area contributed by atoms with Gasteiger partial charge in [-0.1, -0.05) is 12.8 Å². The van der Waals surface area contributed by atoms with Crippen LogP contribution in [0.1, 0.15) is 44.2 Å². The van der Waals surface area contributed by atoms with Crippen molar-refractivity contribution in [2.75, 3.05) is 20.3 Å². The van der Waals surface area contributed by atoms with Gasteiger partial charge in [-0.2, -0.15) is 0 Å². The molecule has 0 aliphatic heterocycles. The van der Waals surface area contributed by atoms with Gasteiger partial charge in [-0.15, -0.1) is 0 Å². The van der Waals surface area contributed by atoms with Crippen LogP contribution in [-0.2, 0) is 11.3 Å². The van der Waals surface area contributed by atoms with Crippen molar-refractivity contribution in [2.45, 2.75) is 51.2 Å². The van der Waals surface area contributed by atoms with Crippen LogP contribution in [0, 0.1) is 0 Å². The van der Waals surface area contributed by atoms with Crippen LogP contribution >= 0.6 is 0 Å². The SMILES string of the molecule is COCCNCc1ccc(OC2CCCCCC2)cn1. The first-order valence-corrected chi connectivity index (χ1v) is 7.70. The van der Waals surface area contributed by atoms with E-state index in [0.717, 1.165) is 31.1 Å². The van der Waals surface area contributed by atoms with Gasteiger partial charge >= 0.3 is 0 Å². The number of rotatable bonds is 7. The maximum Gasteiger partial charge on any atom is 0.138 e. The largest absolute Gasteiger partial charge is 0.489 e. The maximum atomic E-state index is 6.03. The molecule has 4 heteroatoms. The first-order valence-electron chi connectivity index (χ1n) is 7.70. The van der Waals surface area contributed by atoms with Crippen LogP contribution < -0.4 is 10.1 Å². The van der Waals surface area contributed by atoms with Gasteiger partial charge in [-0.05, 0) is 37.8 Å². The molecule has 1 aromatic rings. The van der Waals surface area contributed by atoms with Gasteiger partial charge in [0.25, 0.3) is 0 Å². The molecule has 1 saturated carbocycles. The summed E-state index contributed by atoms with van der Waals surface area (Å²) in [6.45, 7) is 2.34. The van der Waals surface area contributed by atoms with Crippen molar-refractivity contribution in [3.05, 3.63) is 24.0 Å². The summed E-state index contributed by atoms with van der Waals surface area (Å²) in [6, 6.07) is 4.07. The zero-order valence-corrected chi connectivity index (χ0v) is 12.4. The molecular formula is C16H26N2O2. The number of hydrogen-bond acceptors (Lipinski definition) is 4. The molecule has 2 rings (SSSR count). The Morgan fingerprint density at radius 3 is 2.65 bits per heavy atom. The molecule has 0 spiro atoms. The van der Waals surface area contributed by atoms with Crippen LogP contribution in [0.15, 0.2) is 18.3 Å². The fourth-order valence-electron chi connectivity index (χ4n) is 2.53. The van der Waals surface area contributed by atoms with Crippen LogP contribution in [0.25, 0.3) is 0 Å². The summed E-state index contributed by atoms with van der Waals surface area (Å²) < 4.78 is 11.0. The molecule has 1 N–H and O–H groups in total. The van der Waals surface area contributed by atoms with E-state index in [4.69, 9.17) is 9.47 Å². The second-order valence-corrected chi connectivity index (χ2v) is 5.39. The summed E-state index contributed by atoms with van der Waals surface area (Å²) in [7, 11) is 1.71. The molecule has 0 atom stereocenters. The fraction of sp³-hybridized carbons (Fsp3) is 0.688. The van der Waals surface area contributed by atoms with Crippen molar-refractivity contribution >= 4 is 0 Å². The summed E-state index contributed by atoms with van der Waals surface area (Å²) in [5, 5.41) is 3.28. The zero-order chi connectivity index (χ0) is 14.0. The quantitative estimate of drug-likeness (QED) is 0.615. The molecule has 0 unspecified atom stereocenters. The molecule has 1 aromatic heterocycles. The van der Waals surface area contributed by atoms with E-state index in [1.165, 1.54) is 38.5 Å². The molecule has 0 bridgehead atoms. The van der Waals surface area contributed by atoms with Gasteiger partial charge in [0.05, 0.1) is 24.6 Å². The van der Waals surface area contributed by atoms with Gasteiger partial charge in [0, 0.05) is 20.2 Å². The highest BCUT2D eigenvalue weighted by Gasteiger charge is 2.13. The van der Waals surface area contributed by atoms with Crippen molar-refractivity contribution in [1.29, 1.82) is 0 Å². The molecule has 0 radical (unpaired) electrons. The Morgan fingerprint density at radius 1 is 1.20 bits per heavy atom. The van der Waals surface area contributed by atoms with Crippen molar-refractivity contribution in [3.63, 3.8) is 0 Å². The smallest absolute Gasteiger partial charge is 0.138 e. The Morgan fingerprint density at radius 2 is 2.00 bits per heavy atom. The fourth-order valence-corrected chi connectivity index (χ4v) is 2.53. The van der Waals surface area contributed by atoms with E-state index >= 15 is 0 Å². The van der Waals surface area contributed by atoms with E-state index in [1.807, 2.05) is 18.3 Å². The summed E-state index contributed by atoms with van der Waals surface area (Å²) in [6.07, 6.45) is 9.87. The Balaban J connectivity index is 1.75.